The Kier molecular flexibility index (Phi) is 4.13. The van der Waals surface area contributed by atoms with Crippen LogP contribution in [0.25, 0.3) is 0 Å². The zero-order valence-corrected chi connectivity index (χ0v) is 11.4. The third-order valence-electron chi connectivity index (χ3n) is 3.46. The van der Waals surface area contributed by atoms with Crippen LogP contribution in [-0.2, 0) is 11.2 Å². The zero-order valence-electron chi connectivity index (χ0n) is 11.4. The topological polar surface area (TPSA) is 43.1 Å². The summed E-state index contributed by atoms with van der Waals surface area (Å²) in [5.41, 5.74) is 10.4. The predicted octanol–water partition coefficient (Wildman–Crippen LogP) is 3.12. The fourth-order valence-corrected chi connectivity index (χ4v) is 2.07. The maximum absolute atomic E-state index is 12.2. The summed E-state index contributed by atoms with van der Waals surface area (Å²) in [6, 6.07) is 15.1. The predicted molar refractivity (Wildman–Crippen MR) is 78.0 cm³/mol. The standard InChI is InChI=1S/C17H19NO/c1-12-8-9-14(10-13(12)2)11-16(19)17(18)15-6-4-3-5-7-15/h3-10,17H,11,18H2,1-2H3. The maximum Gasteiger partial charge on any atom is 0.158 e. The lowest BCUT2D eigenvalue weighted by molar-refractivity contribution is -0.119. The first-order valence-corrected chi connectivity index (χ1v) is 6.47. The third kappa shape index (κ3) is 3.30. The number of aryl methyl sites for hydroxylation is 2. The lowest BCUT2D eigenvalue weighted by atomic mass is 9.97. The van der Waals surface area contributed by atoms with Crippen molar-refractivity contribution in [3.63, 3.8) is 0 Å². The van der Waals surface area contributed by atoms with E-state index in [1.165, 1.54) is 11.1 Å². The summed E-state index contributed by atoms with van der Waals surface area (Å²) in [4.78, 5) is 12.2. The second kappa shape index (κ2) is 5.81. The Morgan fingerprint density at radius 2 is 1.74 bits per heavy atom. The monoisotopic (exact) mass is 253 g/mol. The highest BCUT2D eigenvalue weighted by Crippen LogP contribution is 2.15. The minimum atomic E-state index is -0.539. The number of hydrogen-bond donors (Lipinski definition) is 1. The number of carbonyl (C=O) groups excluding carboxylic acids is 1. The van der Waals surface area contributed by atoms with Crippen LogP contribution in [0.5, 0.6) is 0 Å². The number of rotatable bonds is 4. The largest absolute Gasteiger partial charge is 0.318 e. The van der Waals surface area contributed by atoms with Crippen LogP contribution in [0.1, 0.15) is 28.3 Å². The molecule has 2 nitrogen and oxygen atoms in total. The first kappa shape index (κ1) is 13.5. The lowest BCUT2D eigenvalue weighted by Gasteiger charge is -2.11. The molecule has 2 rings (SSSR count). The molecule has 0 heterocycles. The summed E-state index contributed by atoms with van der Waals surface area (Å²) in [5.74, 6) is 0.0504. The van der Waals surface area contributed by atoms with Gasteiger partial charge >= 0.3 is 0 Å². The quantitative estimate of drug-likeness (QED) is 0.909. The molecule has 2 aromatic carbocycles. The van der Waals surface area contributed by atoms with E-state index in [2.05, 4.69) is 19.9 Å². The molecule has 0 aromatic heterocycles. The maximum atomic E-state index is 12.2. The molecule has 0 fully saturated rings. The van der Waals surface area contributed by atoms with Crippen molar-refractivity contribution in [1.29, 1.82) is 0 Å². The Morgan fingerprint density at radius 1 is 1.05 bits per heavy atom. The van der Waals surface area contributed by atoms with Crippen LogP contribution in [0, 0.1) is 13.8 Å². The molecule has 0 aliphatic heterocycles. The van der Waals surface area contributed by atoms with Crippen molar-refractivity contribution < 1.29 is 4.79 Å². The van der Waals surface area contributed by atoms with Crippen molar-refractivity contribution in [3.8, 4) is 0 Å². The highest BCUT2D eigenvalue weighted by molar-refractivity contribution is 5.87. The molecule has 1 unspecified atom stereocenters. The van der Waals surface area contributed by atoms with Gasteiger partial charge in [0.25, 0.3) is 0 Å². The van der Waals surface area contributed by atoms with Gasteiger partial charge in [-0.2, -0.15) is 0 Å². The van der Waals surface area contributed by atoms with Crippen molar-refractivity contribution in [1.82, 2.24) is 0 Å². The second-order valence-corrected chi connectivity index (χ2v) is 4.95. The SMILES string of the molecule is Cc1ccc(CC(=O)C(N)c2ccccc2)cc1C. The summed E-state index contributed by atoms with van der Waals surface area (Å²) >= 11 is 0. The molecular formula is C17H19NO. The average Bonchev–Trinajstić information content (AvgIpc) is 2.43. The number of hydrogen-bond acceptors (Lipinski definition) is 2. The molecule has 2 heteroatoms. The van der Waals surface area contributed by atoms with Gasteiger partial charge in [-0.05, 0) is 36.1 Å². The van der Waals surface area contributed by atoms with E-state index < -0.39 is 6.04 Å². The number of nitrogens with two attached hydrogens (primary N) is 1. The van der Waals surface area contributed by atoms with Crippen LogP contribution in [0.15, 0.2) is 48.5 Å². The Hall–Kier alpha value is -1.93. The van der Waals surface area contributed by atoms with Gasteiger partial charge in [-0.3, -0.25) is 4.79 Å². The van der Waals surface area contributed by atoms with Gasteiger partial charge in [0.2, 0.25) is 0 Å². The molecule has 0 saturated carbocycles. The number of ketones is 1. The van der Waals surface area contributed by atoms with E-state index in [0.29, 0.717) is 6.42 Å². The first-order valence-electron chi connectivity index (χ1n) is 6.47. The van der Waals surface area contributed by atoms with Gasteiger partial charge in [-0.15, -0.1) is 0 Å². The Bertz CT molecular complexity index is 575. The molecular weight excluding hydrogens is 234 g/mol. The van der Waals surface area contributed by atoms with Crippen molar-refractivity contribution in [2.24, 2.45) is 5.73 Å². The normalized spacial score (nSPS) is 12.2. The molecule has 0 bridgehead atoms. The molecule has 2 N–H and O–H groups in total. The van der Waals surface area contributed by atoms with Gasteiger partial charge in [-0.25, -0.2) is 0 Å². The van der Waals surface area contributed by atoms with Gasteiger partial charge in [0.05, 0.1) is 6.04 Å². The fourth-order valence-electron chi connectivity index (χ4n) is 2.07. The highest BCUT2D eigenvalue weighted by atomic mass is 16.1. The van der Waals surface area contributed by atoms with Crippen LogP contribution < -0.4 is 5.73 Å². The third-order valence-corrected chi connectivity index (χ3v) is 3.46. The smallest absolute Gasteiger partial charge is 0.158 e. The molecule has 0 saturated heterocycles. The van der Waals surface area contributed by atoms with Crippen LogP contribution in [0.2, 0.25) is 0 Å². The first-order chi connectivity index (χ1) is 9.08. The zero-order chi connectivity index (χ0) is 13.8. The highest BCUT2D eigenvalue weighted by Gasteiger charge is 2.15. The molecule has 0 amide bonds. The summed E-state index contributed by atoms with van der Waals surface area (Å²) in [6.45, 7) is 4.12. The van der Waals surface area contributed by atoms with Crippen LogP contribution in [0.4, 0.5) is 0 Å². The van der Waals surface area contributed by atoms with Crippen molar-refractivity contribution in [2.45, 2.75) is 26.3 Å². The summed E-state index contributed by atoms with van der Waals surface area (Å²) in [5, 5.41) is 0. The van der Waals surface area contributed by atoms with E-state index in [9.17, 15) is 4.79 Å². The lowest BCUT2D eigenvalue weighted by Crippen LogP contribution is -2.23. The molecule has 1 atom stereocenters. The van der Waals surface area contributed by atoms with Crippen LogP contribution in [-0.4, -0.2) is 5.78 Å². The van der Waals surface area contributed by atoms with E-state index in [4.69, 9.17) is 5.73 Å². The minimum Gasteiger partial charge on any atom is -0.318 e. The van der Waals surface area contributed by atoms with E-state index >= 15 is 0 Å². The van der Waals surface area contributed by atoms with Crippen LogP contribution in [0.3, 0.4) is 0 Å². The van der Waals surface area contributed by atoms with Gasteiger partial charge in [0.15, 0.2) is 5.78 Å². The van der Waals surface area contributed by atoms with Crippen LogP contribution >= 0.6 is 0 Å². The van der Waals surface area contributed by atoms with Crippen molar-refractivity contribution >= 4 is 5.78 Å². The molecule has 0 spiro atoms. The van der Waals surface area contributed by atoms with Crippen molar-refractivity contribution in [2.75, 3.05) is 0 Å². The van der Waals surface area contributed by atoms with E-state index in [1.54, 1.807) is 0 Å². The molecule has 0 radical (unpaired) electrons. The molecule has 0 aliphatic carbocycles. The molecule has 98 valence electrons. The van der Waals surface area contributed by atoms with E-state index in [0.717, 1.165) is 11.1 Å². The summed E-state index contributed by atoms with van der Waals surface area (Å²) in [6.07, 6.45) is 0.386. The molecule has 2 aromatic rings. The number of benzene rings is 2. The number of carbonyl (C=O) groups is 1. The van der Waals surface area contributed by atoms with Gasteiger partial charge < -0.3 is 5.73 Å². The Balaban J connectivity index is 2.10. The fraction of sp³-hybridized carbons (Fsp3) is 0.235. The summed E-state index contributed by atoms with van der Waals surface area (Å²) in [7, 11) is 0. The van der Waals surface area contributed by atoms with Crippen molar-refractivity contribution in [3.05, 3.63) is 70.8 Å². The Labute approximate surface area is 114 Å². The van der Waals surface area contributed by atoms with E-state index in [1.807, 2.05) is 42.5 Å². The van der Waals surface area contributed by atoms with Gasteiger partial charge in [0, 0.05) is 6.42 Å². The summed E-state index contributed by atoms with van der Waals surface area (Å²) < 4.78 is 0. The molecule has 19 heavy (non-hydrogen) atoms. The number of Topliss-reactive ketones (excluding diaryl/α,β-unsaturated/α-hetero) is 1. The van der Waals surface area contributed by atoms with E-state index in [-0.39, 0.29) is 5.78 Å². The molecule has 0 aliphatic rings. The van der Waals surface area contributed by atoms with Gasteiger partial charge in [-0.1, -0.05) is 48.5 Å². The second-order valence-electron chi connectivity index (χ2n) is 4.95. The Morgan fingerprint density at radius 3 is 2.37 bits per heavy atom. The van der Waals surface area contributed by atoms with Gasteiger partial charge in [0.1, 0.15) is 0 Å². The minimum absolute atomic E-state index is 0.0504. The average molecular weight is 253 g/mol.